The van der Waals surface area contributed by atoms with Crippen LogP contribution in [0.3, 0.4) is 0 Å². The van der Waals surface area contributed by atoms with Crippen LogP contribution >= 0.6 is 0 Å². The number of nitrogens with zero attached hydrogens (tertiary/aromatic N) is 1. The predicted octanol–water partition coefficient (Wildman–Crippen LogP) is 1.11. The molecule has 1 aliphatic rings. The standard InChI is InChI=1S/C10H17NO3/c1-11(2)8(12)10(9(13)14)6-4-3-5-7-10/h3-7H2,1-2H3,(H,13,14). The summed E-state index contributed by atoms with van der Waals surface area (Å²) in [5.41, 5.74) is -1.14. The Bertz CT molecular complexity index is 242. The molecule has 0 saturated heterocycles. The summed E-state index contributed by atoms with van der Waals surface area (Å²) < 4.78 is 0. The van der Waals surface area contributed by atoms with Gasteiger partial charge in [-0.3, -0.25) is 9.59 Å². The molecule has 4 heteroatoms. The van der Waals surface area contributed by atoms with Crippen molar-refractivity contribution in [3.63, 3.8) is 0 Å². The highest BCUT2D eigenvalue weighted by atomic mass is 16.4. The molecule has 80 valence electrons. The molecular formula is C10H17NO3. The summed E-state index contributed by atoms with van der Waals surface area (Å²) in [6, 6.07) is 0. The van der Waals surface area contributed by atoms with Crippen LogP contribution in [-0.2, 0) is 9.59 Å². The molecule has 0 unspecified atom stereocenters. The molecule has 1 fully saturated rings. The molecule has 1 aliphatic carbocycles. The van der Waals surface area contributed by atoms with E-state index >= 15 is 0 Å². The number of carbonyl (C=O) groups is 2. The van der Waals surface area contributed by atoms with Crippen molar-refractivity contribution >= 4 is 11.9 Å². The highest BCUT2D eigenvalue weighted by Crippen LogP contribution is 2.37. The highest BCUT2D eigenvalue weighted by Gasteiger charge is 2.47. The molecule has 0 aliphatic heterocycles. The summed E-state index contributed by atoms with van der Waals surface area (Å²) in [5.74, 6) is -1.22. The third-order valence-corrected chi connectivity index (χ3v) is 2.93. The maximum Gasteiger partial charge on any atom is 0.319 e. The molecule has 1 N–H and O–H groups in total. The Morgan fingerprint density at radius 1 is 1.14 bits per heavy atom. The summed E-state index contributed by atoms with van der Waals surface area (Å²) in [7, 11) is 3.23. The van der Waals surface area contributed by atoms with E-state index in [4.69, 9.17) is 5.11 Å². The van der Waals surface area contributed by atoms with Gasteiger partial charge in [0.2, 0.25) is 5.91 Å². The monoisotopic (exact) mass is 199 g/mol. The van der Waals surface area contributed by atoms with Gasteiger partial charge in [-0.2, -0.15) is 0 Å². The van der Waals surface area contributed by atoms with Gasteiger partial charge in [-0.05, 0) is 12.8 Å². The number of rotatable bonds is 2. The number of carbonyl (C=O) groups excluding carboxylic acids is 1. The first-order chi connectivity index (χ1) is 6.50. The van der Waals surface area contributed by atoms with Crippen LogP contribution < -0.4 is 0 Å². The van der Waals surface area contributed by atoms with Crippen molar-refractivity contribution in [1.82, 2.24) is 4.90 Å². The minimum absolute atomic E-state index is 0.260. The van der Waals surface area contributed by atoms with Crippen molar-refractivity contribution in [2.24, 2.45) is 5.41 Å². The quantitative estimate of drug-likeness (QED) is 0.678. The summed E-state index contributed by atoms with van der Waals surface area (Å²) in [5, 5.41) is 9.16. The van der Waals surface area contributed by atoms with Gasteiger partial charge in [-0.1, -0.05) is 19.3 Å². The second-order valence-electron chi connectivity index (χ2n) is 4.15. The minimum atomic E-state index is -1.14. The molecule has 0 aromatic rings. The lowest BCUT2D eigenvalue weighted by Gasteiger charge is -2.33. The normalized spacial score (nSPS) is 20.1. The second kappa shape index (κ2) is 3.98. The van der Waals surface area contributed by atoms with Gasteiger partial charge < -0.3 is 10.0 Å². The largest absolute Gasteiger partial charge is 0.480 e. The molecular weight excluding hydrogens is 182 g/mol. The maximum absolute atomic E-state index is 11.8. The van der Waals surface area contributed by atoms with E-state index < -0.39 is 11.4 Å². The van der Waals surface area contributed by atoms with Crippen LogP contribution in [0.2, 0.25) is 0 Å². The smallest absolute Gasteiger partial charge is 0.319 e. The molecule has 1 rings (SSSR count). The van der Waals surface area contributed by atoms with Crippen LogP contribution in [0.1, 0.15) is 32.1 Å². The van der Waals surface area contributed by atoms with Gasteiger partial charge >= 0.3 is 5.97 Å². The fraction of sp³-hybridized carbons (Fsp3) is 0.800. The van der Waals surface area contributed by atoms with Crippen molar-refractivity contribution in [2.75, 3.05) is 14.1 Å². The Morgan fingerprint density at radius 3 is 2.00 bits per heavy atom. The number of hydrogen-bond acceptors (Lipinski definition) is 2. The Hall–Kier alpha value is -1.06. The Labute approximate surface area is 83.9 Å². The Morgan fingerprint density at radius 2 is 1.64 bits per heavy atom. The highest BCUT2D eigenvalue weighted by molar-refractivity contribution is 6.01. The third-order valence-electron chi connectivity index (χ3n) is 2.93. The summed E-state index contributed by atoms with van der Waals surface area (Å²) in [6.45, 7) is 0. The van der Waals surface area contributed by atoms with Crippen LogP contribution in [0.4, 0.5) is 0 Å². The van der Waals surface area contributed by atoms with Crippen LogP contribution in [0, 0.1) is 5.41 Å². The number of carboxylic acids is 1. The van der Waals surface area contributed by atoms with Crippen LogP contribution in [0.15, 0.2) is 0 Å². The number of amides is 1. The van der Waals surface area contributed by atoms with E-state index in [1.807, 2.05) is 0 Å². The molecule has 14 heavy (non-hydrogen) atoms. The van der Waals surface area contributed by atoms with Crippen molar-refractivity contribution in [3.8, 4) is 0 Å². The van der Waals surface area contributed by atoms with Crippen molar-refractivity contribution in [3.05, 3.63) is 0 Å². The Balaban J connectivity index is 2.91. The molecule has 0 aromatic carbocycles. The van der Waals surface area contributed by atoms with Crippen LogP contribution in [0.5, 0.6) is 0 Å². The van der Waals surface area contributed by atoms with Crippen molar-refractivity contribution < 1.29 is 14.7 Å². The average Bonchev–Trinajstić information content (AvgIpc) is 2.17. The van der Waals surface area contributed by atoms with E-state index in [1.165, 1.54) is 4.90 Å². The zero-order valence-corrected chi connectivity index (χ0v) is 8.75. The molecule has 1 amide bonds. The third kappa shape index (κ3) is 1.74. The fourth-order valence-electron chi connectivity index (χ4n) is 2.10. The molecule has 1 saturated carbocycles. The van der Waals surface area contributed by atoms with E-state index in [9.17, 15) is 9.59 Å². The molecule has 0 atom stereocenters. The molecule has 0 aromatic heterocycles. The van der Waals surface area contributed by atoms with Gasteiger partial charge in [0.15, 0.2) is 0 Å². The molecule has 0 heterocycles. The lowest BCUT2D eigenvalue weighted by Crippen LogP contribution is -2.47. The summed E-state index contributed by atoms with van der Waals surface area (Å²) in [4.78, 5) is 24.4. The van der Waals surface area contributed by atoms with Crippen molar-refractivity contribution in [2.45, 2.75) is 32.1 Å². The molecule has 4 nitrogen and oxygen atoms in total. The molecule has 0 spiro atoms. The first-order valence-electron chi connectivity index (χ1n) is 4.96. The zero-order chi connectivity index (χ0) is 10.8. The minimum Gasteiger partial charge on any atom is -0.480 e. The summed E-state index contributed by atoms with van der Waals surface area (Å²) >= 11 is 0. The second-order valence-corrected chi connectivity index (χ2v) is 4.15. The van der Waals surface area contributed by atoms with E-state index in [0.29, 0.717) is 12.8 Å². The Kier molecular flexibility index (Phi) is 3.13. The number of hydrogen-bond donors (Lipinski definition) is 1. The topological polar surface area (TPSA) is 57.6 Å². The first kappa shape index (κ1) is 11.0. The van der Waals surface area contributed by atoms with Gasteiger partial charge in [0.05, 0.1) is 0 Å². The van der Waals surface area contributed by atoms with E-state index in [-0.39, 0.29) is 5.91 Å². The lowest BCUT2D eigenvalue weighted by molar-refractivity contribution is -0.162. The van der Waals surface area contributed by atoms with E-state index in [0.717, 1.165) is 19.3 Å². The van der Waals surface area contributed by atoms with Crippen LogP contribution in [0.25, 0.3) is 0 Å². The number of carboxylic acid groups (broad SMARTS) is 1. The van der Waals surface area contributed by atoms with Gasteiger partial charge in [0.1, 0.15) is 5.41 Å². The SMILES string of the molecule is CN(C)C(=O)C1(C(=O)O)CCCCC1. The zero-order valence-electron chi connectivity index (χ0n) is 8.75. The van der Waals surface area contributed by atoms with E-state index in [2.05, 4.69) is 0 Å². The van der Waals surface area contributed by atoms with Gasteiger partial charge in [0, 0.05) is 14.1 Å². The first-order valence-corrected chi connectivity index (χ1v) is 4.96. The van der Waals surface area contributed by atoms with Crippen LogP contribution in [-0.4, -0.2) is 36.0 Å². The van der Waals surface area contributed by atoms with Gasteiger partial charge in [-0.25, -0.2) is 0 Å². The molecule has 0 bridgehead atoms. The summed E-state index contributed by atoms with van der Waals surface area (Å²) in [6.07, 6.45) is 3.69. The van der Waals surface area contributed by atoms with Gasteiger partial charge in [-0.15, -0.1) is 0 Å². The van der Waals surface area contributed by atoms with Crippen molar-refractivity contribution in [1.29, 1.82) is 0 Å². The lowest BCUT2D eigenvalue weighted by atomic mass is 9.73. The number of aliphatic carboxylic acids is 1. The predicted molar refractivity (Wildman–Crippen MR) is 51.8 cm³/mol. The average molecular weight is 199 g/mol. The van der Waals surface area contributed by atoms with Gasteiger partial charge in [0.25, 0.3) is 0 Å². The van der Waals surface area contributed by atoms with E-state index in [1.54, 1.807) is 14.1 Å². The fourth-order valence-corrected chi connectivity index (χ4v) is 2.10. The molecule has 0 radical (unpaired) electrons. The maximum atomic E-state index is 11.8.